The number of nitrogens with one attached hydrogen (secondary N) is 1. The number of piperidine rings is 1. The van der Waals surface area contributed by atoms with Gasteiger partial charge in [0.2, 0.25) is 0 Å². The van der Waals surface area contributed by atoms with Gasteiger partial charge in [-0.25, -0.2) is 9.97 Å². The van der Waals surface area contributed by atoms with E-state index in [-0.39, 0.29) is 6.61 Å². The van der Waals surface area contributed by atoms with Gasteiger partial charge >= 0.3 is 0 Å². The van der Waals surface area contributed by atoms with Crippen LogP contribution < -0.4 is 15.0 Å². The third-order valence-corrected chi connectivity index (χ3v) is 6.68. The fourth-order valence-corrected chi connectivity index (χ4v) is 5.10. The number of fused-ring (bicyclic) bond motifs is 2. The van der Waals surface area contributed by atoms with Crippen LogP contribution in [0.15, 0.2) is 34.9 Å². The number of anilines is 1. The van der Waals surface area contributed by atoms with Crippen LogP contribution in [0.5, 0.6) is 5.75 Å². The number of hydrogen-bond acceptors (Lipinski definition) is 8. The fourth-order valence-electron chi connectivity index (χ4n) is 5.10. The molecule has 3 heterocycles. The lowest BCUT2D eigenvalue weighted by Gasteiger charge is -2.28. The molecule has 3 atom stereocenters. The maximum Gasteiger partial charge on any atom is 0.162 e. The van der Waals surface area contributed by atoms with Gasteiger partial charge in [0.25, 0.3) is 0 Å². The number of nitrogens with zero attached hydrogens (tertiary/aromatic N) is 4. The molecule has 8 nitrogen and oxygen atoms in total. The number of aryl methyl sites for hydroxylation is 2. The summed E-state index contributed by atoms with van der Waals surface area (Å²) >= 11 is 0. The van der Waals surface area contributed by atoms with E-state index in [0.717, 1.165) is 46.6 Å². The topological polar surface area (TPSA) is 96.5 Å². The van der Waals surface area contributed by atoms with Gasteiger partial charge in [-0.05, 0) is 58.2 Å². The number of rotatable bonds is 8. The summed E-state index contributed by atoms with van der Waals surface area (Å²) in [6, 6.07) is 10.4. The Morgan fingerprint density at radius 2 is 2.12 bits per heavy atom. The Bertz CT molecular complexity index is 1110. The van der Waals surface area contributed by atoms with Gasteiger partial charge in [0, 0.05) is 30.8 Å². The van der Waals surface area contributed by atoms with Crippen molar-refractivity contribution in [2.45, 2.75) is 45.3 Å². The van der Waals surface area contributed by atoms with Crippen molar-refractivity contribution in [2.24, 2.45) is 5.92 Å². The minimum atomic E-state index is -0.574. The fraction of sp³-hybridized carbons (Fsp3) is 0.480. The Hall–Kier alpha value is -2.97. The van der Waals surface area contributed by atoms with Gasteiger partial charge in [-0.2, -0.15) is 0 Å². The zero-order chi connectivity index (χ0) is 22.9. The molecule has 1 saturated carbocycles. The van der Waals surface area contributed by atoms with Crippen LogP contribution in [0.1, 0.15) is 30.7 Å². The average molecular weight is 450 g/mol. The third kappa shape index (κ3) is 4.45. The highest BCUT2D eigenvalue weighted by atomic mass is 16.5. The lowest BCUT2D eigenvalue weighted by atomic mass is 10.1. The Labute approximate surface area is 194 Å². The second-order valence-electron chi connectivity index (χ2n) is 9.17. The number of ether oxygens (including phenoxy) is 1. The van der Waals surface area contributed by atoms with Crippen LogP contribution in [0.3, 0.4) is 0 Å². The molecule has 8 heteroatoms. The molecule has 2 N–H and O–H groups in total. The molecule has 2 fully saturated rings. The van der Waals surface area contributed by atoms with Crippen molar-refractivity contribution < 1.29 is 14.4 Å². The van der Waals surface area contributed by atoms with Crippen LogP contribution in [-0.2, 0) is 0 Å². The van der Waals surface area contributed by atoms with Crippen molar-refractivity contribution in [3.8, 4) is 28.4 Å². The maximum absolute atomic E-state index is 9.97. The number of aromatic nitrogens is 3. The van der Waals surface area contributed by atoms with E-state index in [9.17, 15) is 5.11 Å². The molecule has 2 aliphatic rings. The summed E-state index contributed by atoms with van der Waals surface area (Å²) in [6.07, 6.45) is 3.21. The quantitative estimate of drug-likeness (QED) is 0.540. The van der Waals surface area contributed by atoms with Gasteiger partial charge in [-0.1, -0.05) is 17.3 Å². The van der Waals surface area contributed by atoms with Crippen LogP contribution in [0.25, 0.3) is 22.6 Å². The minimum Gasteiger partial charge on any atom is -0.491 e. The number of aliphatic hydroxyl groups is 1. The molecule has 1 aliphatic carbocycles. The van der Waals surface area contributed by atoms with Crippen LogP contribution in [0.2, 0.25) is 0 Å². The molecular weight excluding hydrogens is 418 g/mol. The van der Waals surface area contributed by atoms with E-state index in [4.69, 9.17) is 19.2 Å². The summed E-state index contributed by atoms with van der Waals surface area (Å²) in [5.41, 5.74) is 3.44. The molecule has 2 aromatic heterocycles. The Balaban J connectivity index is 1.51. The van der Waals surface area contributed by atoms with Crippen molar-refractivity contribution in [1.29, 1.82) is 0 Å². The highest BCUT2D eigenvalue weighted by Crippen LogP contribution is 2.41. The van der Waals surface area contributed by atoms with E-state index in [1.807, 2.05) is 38.1 Å². The first-order chi connectivity index (χ1) is 16.0. The van der Waals surface area contributed by atoms with Gasteiger partial charge in [-0.15, -0.1) is 0 Å². The van der Waals surface area contributed by atoms with E-state index < -0.39 is 6.10 Å². The van der Waals surface area contributed by atoms with Crippen LogP contribution in [0, 0.1) is 19.8 Å². The van der Waals surface area contributed by atoms with Crippen molar-refractivity contribution >= 4 is 5.82 Å². The van der Waals surface area contributed by atoms with Crippen molar-refractivity contribution in [3.05, 3.63) is 41.8 Å². The summed E-state index contributed by atoms with van der Waals surface area (Å²) in [6.45, 7) is 5.60. The van der Waals surface area contributed by atoms with Crippen LogP contribution >= 0.6 is 0 Å². The van der Waals surface area contributed by atoms with Crippen molar-refractivity contribution in [2.75, 3.05) is 31.6 Å². The van der Waals surface area contributed by atoms with Gasteiger partial charge in [-0.3, -0.25) is 0 Å². The standard InChI is InChI=1S/C25H31N5O3/c1-15-24(16(2)33-29-15)22-11-23(30-13-17-7-8-19(30)9-17)28-25(27-22)18-5-4-6-21(10-18)32-14-20(31)12-26-3/h4-6,10-11,17,19-20,26,31H,7-9,12-14H2,1-3H3/t17-,19+,20?/m1/s1. The van der Waals surface area contributed by atoms with Crippen LogP contribution in [-0.4, -0.2) is 59.1 Å². The molecule has 5 rings (SSSR count). The third-order valence-electron chi connectivity index (χ3n) is 6.68. The zero-order valence-electron chi connectivity index (χ0n) is 19.4. The minimum absolute atomic E-state index is 0.215. The molecule has 0 spiro atoms. The van der Waals surface area contributed by atoms with Gasteiger partial charge in [0.15, 0.2) is 5.82 Å². The van der Waals surface area contributed by atoms with E-state index >= 15 is 0 Å². The summed E-state index contributed by atoms with van der Waals surface area (Å²) in [7, 11) is 1.80. The summed E-state index contributed by atoms with van der Waals surface area (Å²) in [4.78, 5) is 12.3. The molecule has 1 aromatic carbocycles. The first-order valence-electron chi connectivity index (χ1n) is 11.7. The average Bonchev–Trinajstić information content (AvgIpc) is 3.54. The maximum atomic E-state index is 9.97. The summed E-state index contributed by atoms with van der Waals surface area (Å²) in [5, 5.41) is 17.0. The summed E-state index contributed by atoms with van der Waals surface area (Å²) in [5.74, 6) is 3.79. The molecule has 0 amide bonds. The van der Waals surface area contributed by atoms with E-state index in [1.165, 1.54) is 19.3 Å². The van der Waals surface area contributed by atoms with Crippen LogP contribution in [0.4, 0.5) is 5.82 Å². The highest BCUT2D eigenvalue weighted by molar-refractivity contribution is 5.71. The number of likely N-dealkylation sites (N-methyl/N-ethyl adjacent to an activating group) is 1. The van der Waals surface area contributed by atoms with E-state index in [0.29, 0.717) is 24.2 Å². The van der Waals surface area contributed by atoms with Gasteiger partial charge in [0.1, 0.15) is 30.0 Å². The van der Waals surface area contributed by atoms with E-state index in [1.54, 1.807) is 7.05 Å². The first-order valence-corrected chi connectivity index (χ1v) is 11.7. The highest BCUT2D eigenvalue weighted by Gasteiger charge is 2.38. The van der Waals surface area contributed by atoms with Crippen molar-refractivity contribution in [3.63, 3.8) is 0 Å². The lowest BCUT2D eigenvalue weighted by Crippen LogP contribution is -2.32. The Morgan fingerprint density at radius 3 is 2.82 bits per heavy atom. The molecule has 3 aromatic rings. The molecule has 1 unspecified atom stereocenters. The Morgan fingerprint density at radius 1 is 1.24 bits per heavy atom. The monoisotopic (exact) mass is 449 g/mol. The molecule has 1 aliphatic heterocycles. The summed E-state index contributed by atoms with van der Waals surface area (Å²) < 4.78 is 11.2. The first kappa shape index (κ1) is 21.9. The smallest absolute Gasteiger partial charge is 0.162 e. The molecule has 174 valence electrons. The SMILES string of the molecule is CNCC(O)COc1cccc(-c2nc(-c3c(C)noc3C)cc(N3C[C@@H]4CC[C@H]3C4)n2)c1. The Kier molecular flexibility index (Phi) is 6.03. The second kappa shape index (κ2) is 9.11. The predicted octanol–water partition coefficient (Wildman–Crippen LogP) is 3.36. The van der Waals surface area contributed by atoms with Crippen molar-refractivity contribution in [1.82, 2.24) is 20.4 Å². The number of hydrogen-bond donors (Lipinski definition) is 2. The van der Waals surface area contributed by atoms with Gasteiger partial charge in [0.05, 0.1) is 17.0 Å². The number of benzene rings is 1. The lowest BCUT2D eigenvalue weighted by molar-refractivity contribution is 0.108. The largest absolute Gasteiger partial charge is 0.491 e. The molecule has 33 heavy (non-hydrogen) atoms. The molecular formula is C25H31N5O3. The predicted molar refractivity (Wildman–Crippen MR) is 126 cm³/mol. The van der Waals surface area contributed by atoms with Gasteiger partial charge < -0.3 is 24.6 Å². The zero-order valence-corrected chi connectivity index (χ0v) is 19.4. The number of aliphatic hydroxyl groups excluding tert-OH is 1. The van der Waals surface area contributed by atoms with E-state index in [2.05, 4.69) is 21.4 Å². The molecule has 2 bridgehead atoms. The second-order valence-corrected chi connectivity index (χ2v) is 9.17. The normalized spacial score (nSPS) is 20.4. The molecule has 1 saturated heterocycles. The molecule has 0 radical (unpaired) electrons.